The number of hydrogen-bond donors (Lipinski definition) is 1. The number of nitrogens with one attached hydrogen (secondary N) is 1. The highest BCUT2D eigenvalue weighted by Gasteiger charge is 2.27. The molecule has 0 bridgehead atoms. The third-order valence-electron chi connectivity index (χ3n) is 2.88. The molecular formula is C15H13F3N2O3. The van der Waals surface area contributed by atoms with Crippen LogP contribution in [0.3, 0.4) is 0 Å². The van der Waals surface area contributed by atoms with Crippen LogP contribution in [-0.2, 0) is 9.53 Å². The third-order valence-corrected chi connectivity index (χ3v) is 2.88. The van der Waals surface area contributed by atoms with Crippen molar-refractivity contribution in [2.24, 2.45) is 0 Å². The van der Waals surface area contributed by atoms with E-state index in [2.05, 4.69) is 4.98 Å². The van der Waals surface area contributed by atoms with E-state index in [9.17, 15) is 22.8 Å². The number of ether oxygens (including phenoxy) is 1. The first kappa shape index (κ1) is 16.7. The molecule has 0 saturated carbocycles. The van der Waals surface area contributed by atoms with Crippen LogP contribution < -0.4 is 5.32 Å². The topological polar surface area (TPSA) is 68.3 Å². The summed E-state index contributed by atoms with van der Waals surface area (Å²) < 4.78 is 40.7. The van der Waals surface area contributed by atoms with Crippen LogP contribution in [0.5, 0.6) is 0 Å². The number of hydrogen-bond acceptors (Lipinski definition) is 4. The van der Waals surface area contributed by atoms with Crippen LogP contribution in [0.15, 0.2) is 30.3 Å². The van der Waals surface area contributed by atoms with Gasteiger partial charge in [-0.05, 0) is 19.1 Å². The lowest BCUT2D eigenvalue weighted by molar-refractivity contribution is -0.140. The maximum absolute atomic E-state index is 12.1. The summed E-state index contributed by atoms with van der Waals surface area (Å²) in [6.45, 7) is -0.565. The molecule has 0 fully saturated rings. The highest BCUT2D eigenvalue weighted by molar-refractivity contribution is 6.04. The third kappa shape index (κ3) is 4.67. The fourth-order valence-corrected chi connectivity index (χ4v) is 1.94. The lowest BCUT2D eigenvalue weighted by Gasteiger charge is -2.10. The van der Waals surface area contributed by atoms with E-state index in [4.69, 9.17) is 4.74 Å². The van der Waals surface area contributed by atoms with Gasteiger partial charge in [-0.25, -0.2) is 4.79 Å². The average molecular weight is 326 g/mol. The SMILES string of the molecule is Cc1cc(C(=O)OCC(=O)NCC(F)(F)F)c2ccccc2n1. The van der Waals surface area contributed by atoms with Crippen molar-refractivity contribution < 1.29 is 27.5 Å². The predicted molar refractivity (Wildman–Crippen MR) is 75.8 cm³/mol. The lowest BCUT2D eigenvalue weighted by Crippen LogP contribution is -2.36. The van der Waals surface area contributed by atoms with Gasteiger partial charge in [0.05, 0.1) is 11.1 Å². The van der Waals surface area contributed by atoms with E-state index in [0.29, 0.717) is 16.6 Å². The number of amides is 1. The quantitative estimate of drug-likeness (QED) is 0.876. The van der Waals surface area contributed by atoms with Gasteiger partial charge in [0.25, 0.3) is 5.91 Å². The Kier molecular flexibility index (Phi) is 4.83. The van der Waals surface area contributed by atoms with E-state index in [1.54, 1.807) is 36.5 Å². The number of esters is 1. The van der Waals surface area contributed by atoms with Crippen LogP contribution in [0.25, 0.3) is 10.9 Å². The highest BCUT2D eigenvalue weighted by atomic mass is 19.4. The maximum atomic E-state index is 12.1. The number of aromatic nitrogens is 1. The normalized spacial score (nSPS) is 11.3. The van der Waals surface area contributed by atoms with Gasteiger partial charge in [0.15, 0.2) is 6.61 Å². The molecule has 23 heavy (non-hydrogen) atoms. The molecule has 8 heteroatoms. The number of alkyl halides is 3. The van der Waals surface area contributed by atoms with Crippen molar-refractivity contribution in [3.63, 3.8) is 0 Å². The molecule has 0 saturated heterocycles. The van der Waals surface area contributed by atoms with Gasteiger partial charge < -0.3 is 10.1 Å². The smallest absolute Gasteiger partial charge is 0.405 e. The fourth-order valence-electron chi connectivity index (χ4n) is 1.94. The number of nitrogens with zero attached hydrogens (tertiary/aromatic N) is 1. The number of carbonyl (C=O) groups is 2. The van der Waals surface area contributed by atoms with Gasteiger partial charge in [-0.1, -0.05) is 18.2 Å². The van der Waals surface area contributed by atoms with Gasteiger partial charge in [0.1, 0.15) is 6.54 Å². The maximum Gasteiger partial charge on any atom is 0.405 e. The Morgan fingerprint density at radius 3 is 2.65 bits per heavy atom. The molecule has 1 N–H and O–H groups in total. The Morgan fingerprint density at radius 2 is 1.96 bits per heavy atom. The lowest BCUT2D eigenvalue weighted by atomic mass is 10.1. The molecule has 0 atom stereocenters. The molecule has 1 aromatic heterocycles. The zero-order valence-corrected chi connectivity index (χ0v) is 12.1. The number of aryl methyl sites for hydroxylation is 1. The summed E-state index contributed by atoms with van der Waals surface area (Å²) in [5, 5.41) is 2.17. The van der Waals surface area contributed by atoms with Gasteiger partial charge in [-0.2, -0.15) is 13.2 Å². The van der Waals surface area contributed by atoms with Crippen molar-refractivity contribution in [2.75, 3.05) is 13.2 Å². The van der Waals surface area contributed by atoms with Crippen molar-refractivity contribution in [3.05, 3.63) is 41.6 Å². The molecular weight excluding hydrogens is 313 g/mol. The molecule has 0 spiro atoms. The van der Waals surface area contributed by atoms with Crippen LogP contribution in [0, 0.1) is 6.92 Å². The number of halogens is 3. The number of fused-ring (bicyclic) bond motifs is 1. The molecule has 5 nitrogen and oxygen atoms in total. The second-order valence-electron chi connectivity index (χ2n) is 4.80. The highest BCUT2D eigenvalue weighted by Crippen LogP contribution is 2.19. The van der Waals surface area contributed by atoms with Crippen LogP contribution in [0.4, 0.5) is 13.2 Å². The Labute approximate surface area is 129 Å². The second kappa shape index (κ2) is 6.64. The van der Waals surface area contributed by atoms with E-state index < -0.39 is 31.2 Å². The first-order valence-corrected chi connectivity index (χ1v) is 6.63. The first-order chi connectivity index (χ1) is 10.8. The van der Waals surface area contributed by atoms with E-state index in [1.165, 1.54) is 6.07 Å². The minimum Gasteiger partial charge on any atom is -0.452 e. The molecule has 1 heterocycles. The van der Waals surface area contributed by atoms with Gasteiger partial charge in [-0.15, -0.1) is 0 Å². The van der Waals surface area contributed by atoms with Gasteiger partial charge in [0.2, 0.25) is 0 Å². The average Bonchev–Trinajstić information content (AvgIpc) is 2.49. The number of para-hydroxylation sites is 1. The van der Waals surface area contributed by atoms with E-state index in [1.807, 2.05) is 0 Å². The second-order valence-corrected chi connectivity index (χ2v) is 4.80. The fraction of sp³-hybridized carbons (Fsp3) is 0.267. The Hall–Kier alpha value is -2.64. The van der Waals surface area contributed by atoms with Crippen LogP contribution in [0.1, 0.15) is 16.1 Å². The van der Waals surface area contributed by atoms with Crippen LogP contribution >= 0.6 is 0 Å². The minimum absolute atomic E-state index is 0.205. The van der Waals surface area contributed by atoms with Crippen molar-refractivity contribution in [1.82, 2.24) is 10.3 Å². The summed E-state index contributed by atoms with van der Waals surface area (Å²) in [6, 6.07) is 8.36. The Morgan fingerprint density at radius 1 is 1.26 bits per heavy atom. The molecule has 0 aliphatic carbocycles. The van der Waals surface area contributed by atoms with Crippen LogP contribution in [0.2, 0.25) is 0 Å². The van der Waals surface area contributed by atoms with Crippen LogP contribution in [-0.4, -0.2) is 36.2 Å². The summed E-state index contributed by atoms with van der Waals surface area (Å²) >= 11 is 0. The number of pyridine rings is 1. The Bertz CT molecular complexity index is 744. The van der Waals surface area contributed by atoms with Crippen molar-refractivity contribution in [2.45, 2.75) is 13.1 Å². The molecule has 0 aliphatic rings. The largest absolute Gasteiger partial charge is 0.452 e. The predicted octanol–water partition coefficient (Wildman–Crippen LogP) is 2.38. The minimum atomic E-state index is -4.52. The number of carbonyl (C=O) groups excluding carboxylic acids is 2. The van der Waals surface area contributed by atoms with Gasteiger partial charge in [-0.3, -0.25) is 9.78 Å². The Balaban J connectivity index is 2.06. The molecule has 0 unspecified atom stereocenters. The number of benzene rings is 1. The number of rotatable bonds is 4. The van der Waals surface area contributed by atoms with Crippen molar-refractivity contribution in [1.29, 1.82) is 0 Å². The molecule has 2 aromatic rings. The van der Waals surface area contributed by atoms with Crippen molar-refractivity contribution in [3.8, 4) is 0 Å². The summed E-state index contributed by atoms with van der Waals surface area (Å²) in [5.41, 5.74) is 1.37. The molecule has 0 radical (unpaired) electrons. The van der Waals surface area contributed by atoms with E-state index in [-0.39, 0.29) is 5.56 Å². The standard InChI is InChI=1S/C15H13F3N2O3/c1-9-6-11(10-4-2-3-5-12(10)20-9)14(22)23-7-13(21)19-8-15(16,17)18/h2-6H,7-8H2,1H3,(H,19,21). The zero-order chi connectivity index (χ0) is 17.0. The molecule has 1 amide bonds. The first-order valence-electron chi connectivity index (χ1n) is 6.63. The zero-order valence-electron chi connectivity index (χ0n) is 12.1. The molecule has 122 valence electrons. The molecule has 2 rings (SSSR count). The van der Waals surface area contributed by atoms with E-state index in [0.717, 1.165) is 0 Å². The summed E-state index contributed by atoms with van der Waals surface area (Å²) in [7, 11) is 0. The van der Waals surface area contributed by atoms with E-state index >= 15 is 0 Å². The monoisotopic (exact) mass is 326 g/mol. The summed E-state index contributed by atoms with van der Waals surface area (Å²) in [4.78, 5) is 27.6. The van der Waals surface area contributed by atoms with Crippen molar-refractivity contribution >= 4 is 22.8 Å². The van der Waals surface area contributed by atoms with Gasteiger partial charge >= 0.3 is 12.1 Å². The molecule has 0 aliphatic heterocycles. The summed E-state index contributed by atoms with van der Waals surface area (Å²) in [5.74, 6) is -1.82. The van der Waals surface area contributed by atoms with Gasteiger partial charge in [0, 0.05) is 11.1 Å². The molecule has 1 aromatic carbocycles. The summed E-state index contributed by atoms with van der Waals surface area (Å²) in [6.07, 6.45) is -4.52.